The van der Waals surface area contributed by atoms with E-state index in [0.29, 0.717) is 0 Å². The predicted molar refractivity (Wildman–Crippen MR) is 85.7 cm³/mol. The number of amides is 1. The first kappa shape index (κ1) is 17.3. The second-order valence-corrected chi connectivity index (χ2v) is 5.49. The number of piperazine rings is 1. The van der Waals surface area contributed by atoms with E-state index in [4.69, 9.17) is 4.74 Å². The number of carbonyl (C=O) groups excluding carboxylic acids is 1. The number of carbonyl (C=O) groups is 1. The maximum absolute atomic E-state index is 12.4. The molecule has 2 aromatic rings. The molecule has 0 aromatic heterocycles. The molecular formula is C18H21ClN2O2. The van der Waals surface area contributed by atoms with E-state index >= 15 is 0 Å². The van der Waals surface area contributed by atoms with Crippen LogP contribution >= 0.6 is 0 Å². The molecule has 0 atom stereocenters. The smallest absolute Gasteiger partial charge is 0.254 e. The van der Waals surface area contributed by atoms with Crippen molar-refractivity contribution in [1.29, 1.82) is 0 Å². The molecule has 0 aliphatic carbocycles. The van der Waals surface area contributed by atoms with Crippen LogP contribution in [0.25, 0.3) is 0 Å². The largest absolute Gasteiger partial charge is 1.00 e. The van der Waals surface area contributed by atoms with Crippen molar-refractivity contribution in [1.82, 2.24) is 4.90 Å². The van der Waals surface area contributed by atoms with E-state index in [0.717, 1.165) is 37.5 Å². The van der Waals surface area contributed by atoms with Gasteiger partial charge in [0, 0.05) is 17.7 Å². The van der Waals surface area contributed by atoms with Crippen molar-refractivity contribution in [2.75, 3.05) is 33.3 Å². The molecule has 23 heavy (non-hydrogen) atoms. The molecule has 0 saturated carbocycles. The number of methoxy groups -OCH3 is 1. The summed E-state index contributed by atoms with van der Waals surface area (Å²) in [6, 6.07) is 17.7. The van der Waals surface area contributed by atoms with Crippen molar-refractivity contribution in [3.63, 3.8) is 0 Å². The first-order valence-corrected chi connectivity index (χ1v) is 7.61. The zero-order valence-corrected chi connectivity index (χ0v) is 13.9. The number of nitrogens with one attached hydrogen (secondary N) is 1. The van der Waals surface area contributed by atoms with Crippen molar-refractivity contribution in [3.8, 4) is 5.75 Å². The predicted octanol–water partition coefficient (Wildman–Crippen LogP) is -1.63. The number of hydrogen-bond acceptors (Lipinski definition) is 2. The Morgan fingerprint density at radius 2 is 1.61 bits per heavy atom. The molecule has 0 radical (unpaired) electrons. The molecular weight excluding hydrogens is 312 g/mol. The lowest BCUT2D eigenvalue weighted by atomic mass is 10.1. The highest BCUT2D eigenvalue weighted by Gasteiger charge is 2.25. The van der Waals surface area contributed by atoms with Crippen LogP contribution in [-0.2, 0) is 0 Å². The summed E-state index contributed by atoms with van der Waals surface area (Å²) in [4.78, 5) is 15.8. The molecule has 1 heterocycles. The van der Waals surface area contributed by atoms with E-state index in [1.54, 1.807) is 7.11 Å². The molecule has 122 valence electrons. The summed E-state index contributed by atoms with van der Waals surface area (Å²) in [7, 11) is 1.68. The summed E-state index contributed by atoms with van der Waals surface area (Å²) in [5.74, 6) is 1.01. The van der Waals surface area contributed by atoms with Gasteiger partial charge in [0.1, 0.15) is 11.4 Å². The fraction of sp³-hybridized carbons (Fsp3) is 0.278. The summed E-state index contributed by atoms with van der Waals surface area (Å²) in [5, 5.41) is 0. The summed E-state index contributed by atoms with van der Waals surface area (Å²) >= 11 is 0. The van der Waals surface area contributed by atoms with Crippen LogP contribution in [0.1, 0.15) is 10.4 Å². The molecule has 2 aromatic carbocycles. The van der Waals surface area contributed by atoms with Crippen molar-refractivity contribution < 1.29 is 26.8 Å². The fourth-order valence-electron chi connectivity index (χ4n) is 2.86. The second-order valence-electron chi connectivity index (χ2n) is 5.49. The summed E-state index contributed by atoms with van der Waals surface area (Å²) < 4.78 is 5.19. The van der Waals surface area contributed by atoms with Gasteiger partial charge < -0.3 is 22.0 Å². The number of benzene rings is 2. The highest BCUT2D eigenvalue weighted by Crippen LogP contribution is 2.12. The van der Waals surface area contributed by atoms with Gasteiger partial charge in [0.2, 0.25) is 0 Å². The Morgan fingerprint density at radius 1 is 1.00 bits per heavy atom. The minimum Gasteiger partial charge on any atom is -1.00 e. The van der Waals surface area contributed by atoms with E-state index in [9.17, 15) is 4.79 Å². The molecule has 5 heteroatoms. The molecule has 1 fully saturated rings. The quantitative estimate of drug-likeness (QED) is 0.732. The number of nitrogens with zero attached hydrogens (tertiary/aromatic N) is 1. The lowest BCUT2D eigenvalue weighted by Gasteiger charge is -2.32. The van der Waals surface area contributed by atoms with Gasteiger partial charge in [-0.25, -0.2) is 0 Å². The van der Waals surface area contributed by atoms with Gasteiger partial charge in [0.05, 0.1) is 33.3 Å². The van der Waals surface area contributed by atoms with E-state index in [1.807, 2.05) is 47.4 Å². The van der Waals surface area contributed by atoms with Crippen LogP contribution in [-0.4, -0.2) is 44.1 Å². The lowest BCUT2D eigenvalue weighted by molar-refractivity contribution is -0.837. The molecule has 1 saturated heterocycles. The topological polar surface area (TPSA) is 34.0 Å². The van der Waals surface area contributed by atoms with Crippen LogP contribution in [0, 0.1) is 0 Å². The average Bonchev–Trinajstić information content (AvgIpc) is 2.62. The number of rotatable bonds is 3. The zero-order chi connectivity index (χ0) is 15.4. The normalized spacial score (nSPS) is 14.9. The van der Waals surface area contributed by atoms with Crippen molar-refractivity contribution >= 4 is 11.6 Å². The van der Waals surface area contributed by atoms with Gasteiger partial charge in [-0.05, 0) is 24.3 Å². The summed E-state index contributed by atoms with van der Waals surface area (Å²) in [6.45, 7) is 3.44. The highest BCUT2D eigenvalue weighted by atomic mass is 35.5. The van der Waals surface area contributed by atoms with Crippen LogP contribution < -0.4 is 22.0 Å². The Hall–Kier alpha value is -2.04. The first-order valence-electron chi connectivity index (χ1n) is 7.61. The Kier molecular flexibility index (Phi) is 6.02. The maximum Gasteiger partial charge on any atom is 0.254 e. The Bertz CT molecular complexity index is 623. The molecule has 3 rings (SSSR count). The monoisotopic (exact) mass is 332 g/mol. The molecule has 1 N–H and O–H groups in total. The van der Waals surface area contributed by atoms with Crippen molar-refractivity contribution in [3.05, 3.63) is 60.2 Å². The molecule has 0 bridgehead atoms. The summed E-state index contributed by atoms with van der Waals surface area (Å²) in [5.41, 5.74) is 2.03. The van der Waals surface area contributed by atoms with Crippen LogP contribution in [0.3, 0.4) is 0 Å². The molecule has 0 unspecified atom stereocenters. The number of halogens is 1. The zero-order valence-electron chi connectivity index (χ0n) is 13.2. The van der Waals surface area contributed by atoms with Gasteiger partial charge in [-0.2, -0.15) is 0 Å². The van der Waals surface area contributed by atoms with Crippen LogP contribution in [0.15, 0.2) is 54.6 Å². The van der Waals surface area contributed by atoms with Crippen LogP contribution in [0.4, 0.5) is 5.69 Å². The molecule has 1 amide bonds. The van der Waals surface area contributed by atoms with Gasteiger partial charge in [-0.1, -0.05) is 18.2 Å². The average molecular weight is 333 g/mol. The van der Waals surface area contributed by atoms with Gasteiger partial charge >= 0.3 is 0 Å². The molecule has 1 aliphatic rings. The third-order valence-corrected chi connectivity index (χ3v) is 4.17. The number of ether oxygens (including phenoxy) is 1. The third kappa shape index (κ3) is 4.03. The highest BCUT2D eigenvalue weighted by molar-refractivity contribution is 5.94. The number of hydrogen-bond donors (Lipinski definition) is 1. The van der Waals surface area contributed by atoms with Crippen LogP contribution in [0.5, 0.6) is 5.75 Å². The first-order chi connectivity index (χ1) is 10.8. The van der Waals surface area contributed by atoms with Gasteiger partial charge in [-0.15, -0.1) is 0 Å². The third-order valence-electron chi connectivity index (χ3n) is 4.17. The van der Waals surface area contributed by atoms with E-state index in [-0.39, 0.29) is 18.3 Å². The van der Waals surface area contributed by atoms with E-state index in [1.165, 1.54) is 10.6 Å². The minimum absolute atomic E-state index is 0. The van der Waals surface area contributed by atoms with E-state index in [2.05, 4.69) is 12.1 Å². The Morgan fingerprint density at radius 3 is 2.17 bits per heavy atom. The van der Waals surface area contributed by atoms with Gasteiger partial charge in [0.15, 0.2) is 0 Å². The second kappa shape index (κ2) is 7.99. The SMILES string of the molecule is COc1ccc([NH+]2CCN(C(=O)c3ccccc3)CC2)cc1.[Cl-]. The molecule has 4 nitrogen and oxygen atoms in total. The Balaban J connectivity index is 0.00000192. The number of quaternary nitrogens is 1. The van der Waals surface area contributed by atoms with Crippen LogP contribution in [0.2, 0.25) is 0 Å². The van der Waals surface area contributed by atoms with Crippen molar-refractivity contribution in [2.45, 2.75) is 0 Å². The van der Waals surface area contributed by atoms with Crippen molar-refractivity contribution in [2.24, 2.45) is 0 Å². The Labute approximate surface area is 143 Å². The summed E-state index contributed by atoms with van der Waals surface area (Å²) in [6.07, 6.45) is 0. The molecule has 1 aliphatic heterocycles. The standard InChI is InChI=1S/C18H20N2O2.ClH/c1-22-17-9-7-16(8-10-17)19-11-13-20(14-12-19)18(21)15-5-3-2-4-6-15;/h2-10H,11-14H2,1H3;1H. The fourth-order valence-corrected chi connectivity index (χ4v) is 2.86. The lowest BCUT2D eigenvalue weighted by Crippen LogP contribution is -3.10. The van der Waals surface area contributed by atoms with E-state index < -0.39 is 0 Å². The minimum atomic E-state index is 0. The maximum atomic E-state index is 12.4. The van der Waals surface area contributed by atoms with Gasteiger partial charge in [0.25, 0.3) is 5.91 Å². The van der Waals surface area contributed by atoms with Gasteiger partial charge in [-0.3, -0.25) is 9.69 Å². The molecule has 0 spiro atoms.